The second-order valence-corrected chi connectivity index (χ2v) is 7.13. The average molecular weight is 291 g/mol. The van der Waals surface area contributed by atoms with E-state index in [0.29, 0.717) is 5.41 Å². The molecule has 3 atom stereocenters. The third-order valence-electron chi connectivity index (χ3n) is 3.80. The molecule has 1 aliphatic rings. The Labute approximate surface area is 124 Å². The van der Waals surface area contributed by atoms with Crippen LogP contribution < -0.4 is 11.1 Å². The van der Waals surface area contributed by atoms with Crippen LogP contribution in [0.1, 0.15) is 66.2 Å². The maximum Gasteiger partial charge on any atom is 0.223 e. The summed E-state index contributed by atoms with van der Waals surface area (Å²) in [7, 11) is 0. The van der Waals surface area contributed by atoms with Crippen LogP contribution in [0.15, 0.2) is 0 Å². The van der Waals surface area contributed by atoms with Crippen molar-refractivity contribution >= 4 is 18.3 Å². The zero-order chi connectivity index (χ0) is 13.8. The van der Waals surface area contributed by atoms with Crippen molar-refractivity contribution in [2.75, 3.05) is 0 Å². The Hall–Kier alpha value is -0.280. The van der Waals surface area contributed by atoms with Crippen LogP contribution in [0, 0.1) is 11.3 Å². The third kappa shape index (κ3) is 7.78. The molecule has 0 aromatic heterocycles. The number of nitrogens with two attached hydrogens (primary N) is 1. The lowest BCUT2D eigenvalue weighted by Crippen LogP contribution is -2.41. The summed E-state index contributed by atoms with van der Waals surface area (Å²) in [6.45, 7) is 8.82. The molecule has 3 nitrogen and oxygen atoms in total. The van der Waals surface area contributed by atoms with Gasteiger partial charge in [-0.1, -0.05) is 27.2 Å². The Morgan fingerprint density at radius 1 is 1.37 bits per heavy atom. The molecule has 0 aromatic carbocycles. The summed E-state index contributed by atoms with van der Waals surface area (Å²) in [6, 6.07) is 0.495. The summed E-state index contributed by atoms with van der Waals surface area (Å²) in [5.41, 5.74) is 6.27. The lowest BCUT2D eigenvalue weighted by Gasteiger charge is -2.28. The quantitative estimate of drug-likeness (QED) is 0.835. The molecule has 1 saturated carbocycles. The van der Waals surface area contributed by atoms with Crippen LogP contribution in [-0.2, 0) is 4.79 Å². The zero-order valence-corrected chi connectivity index (χ0v) is 13.7. The van der Waals surface area contributed by atoms with E-state index in [2.05, 4.69) is 33.0 Å². The lowest BCUT2D eigenvalue weighted by molar-refractivity contribution is -0.126. The highest BCUT2D eigenvalue weighted by Crippen LogP contribution is 2.24. The van der Waals surface area contributed by atoms with Gasteiger partial charge in [-0.2, -0.15) is 0 Å². The fourth-order valence-electron chi connectivity index (χ4n) is 2.55. The van der Waals surface area contributed by atoms with Gasteiger partial charge in [0.05, 0.1) is 0 Å². The highest BCUT2D eigenvalue weighted by molar-refractivity contribution is 5.85. The Morgan fingerprint density at radius 3 is 2.53 bits per heavy atom. The van der Waals surface area contributed by atoms with E-state index < -0.39 is 0 Å². The molecule has 19 heavy (non-hydrogen) atoms. The van der Waals surface area contributed by atoms with Gasteiger partial charge in [0.15, 0.2) is 0 Å². The molecular weight excluding hydrogens is 260 g/mol. The highest BCUT2D eigenvalue weighted by atomic mass is 35.5. The average Bonchev–Trinajstić information content (AvgIpc) is 2.25. The Bertz CT molecular complexity index is 276. The number of carbonyl (C=O) groups excluding carboxylic acids is 1. The molecule has 1 rings (SSSR count). The van der Waals surface area contributed by atoms with Crippen molar-refractivity contribution in [3.63, 3.8) is 0 Å². The van der Waals surface area contributed by atoms with E-state index in [-0.39, 0.29) is 36.3 Å². The predicted octanol–water partition coefficient (Wildman–Crippen LogP) is 3.26. The molecule has 4 heteroatoms. The Morgan fingerprint density at radius 2 is 2.00 bits per heavy atom. The topological polar surface area (TPSA) is 55.1 Å². The normalized spacial score (nSPS) is 25.3. The maximum absolute atomic E-state index is 12.1. The van der Waals surface area contributed by atoms with Crippen LogP contribution in [-0.4, -0.2) is 18.0 Å². The van der Waals surface area contributed by atoms with Gasteiger partial charge in [-0.05, 0) is 44.4 Å². The lowest BCUT2D eigenvalue weighted by atomic mass is 9.85. The number of hydrogen-bond acceptors (Lipinski definition) is 2. The standard InChI is InChI=1S/C15H30N2O.ClH/c1-11(8-9-15(2,3)4)17-14(18)12-6-5-7-13(16)10-12;/h11-13H,5-10,16H2,1-4H3,(H,17,18);1H. The van der Waals surface area contributed by atoms with Crippen molar-refractivity contribution in [1.82, 2.24) is 5.32 Å². The summed E-state index contributed by atoms with van der Waals surface area (Å²) in [4.78, 5) is 12.1. The van der Waals surface area contributed by atoms with Crippen molar-refractivity contribution in [1.29, 1.82) is 0 Å². The molecule has 0 aliphatic heterocycles. The second kappa shape index (κ2) is 8.11. The van der Waals surface area contributed by atoms with Gasteiger partial charge in [-0.15, -0.1) is 12.4 Å². The summed E-state index contributed by atoms with van der Waals surface area (Å²) < 4.78 is 0. The predicted molar refractivity (Wildman–Crippen MR) is 83.5 cm³/mol. The van der Waals surface area contributed by atoms with Crippen LogP contribution in [0.3, 0.4) is 0 Å². The number of halogens is 1. The molecule has 114 valence electrons. The Balaban J connectivity index is 0.00000324. The molecule has 3 unspecified atom stereocenters. The maximum atomic E-state index is 12.1. The molecule has 1 fully saturated rings. The van der Waals surface area contributed by atoms with Gasteiger partial charge in [0.2, 0.25) is 5.91 Å². The fourth-order valence-corrected chi connectivity index (χ4v) is 2.55. The van der Waals surface area contributed by atoms with Crippen molar-refractivity contribution in [2.45, 2.75) is 78.3 Å². The van der Waals surface area contributed by atoms with Crippen LogP contribution in [0.4, 0.5) is 0 Å². The largest absolute Gasteiger partial charge is 0.353 e. The molecule has 1 amide bonds. The molecule has 0 heterocycles. The number of nitrogens with one attached hydrogen (secondary N) is 1. The minimum atomic E-state index is 0. The molecule has 0 saturated heterocycles. The van der Waals surface area contributed by atoms with Gasteiger partial charge >= 0.3 is 0 Å². The SMILES string of the molecule is CC(CCC(C)(C)C)NC(=O)C1CCCC(N)C1.Cl. The minimum absolute atomic E-state index is 0. The van der Waals surface area contributed by atoms with Gasteiger partial charge in [-0.25, -0.2) is 0 Å². The van der Waals surface area contributed by atoms with Crippen LogP contribution in [0.25, 0.3) is 0 Å². The van der Waals surface area contributed by atoms with E-state index in [1.165, 1.54) is 0 Å². The number of rotatable bonds is 4. The second-order valence-electron chi connectivity index (χ2n) is 7.13. The number of carbonyl (C=O) groups is 1. The van der Waals surface area contributed by atoms with E-state index >= 15 is 0 Å². The van der Waals surface area contributed by atoms with Crippen molar-refractivity contribution < 1.29 is 4.79 Å². The molecule has 1 aliphatic carbocycles. The van der Waals surface area contributed by atoms with E-state index in [1.54, 1.807) is 0 Å². The smallest absolute Gasteiger partial charge is 0.223 e. The summed E-state index contributed by atoms with van der Waals surface area (Å²) in [5.74, 6) is 0.359. The van der Waals surface area contributed by atoms with Gasteiger partial charge in [0.25, 0.3) is 0 Å². The monoisotopic (exact) mass is 290 g/mol. The van der Waals surface area contributed by atoms with Gasteiger partial charge in [0, 0.05) is 18.0 Å². The van der Waals surface area contributed by atoms with E-state index in [0.717, 1.165) is 38.5 Å². The van der Waals surface area contributed by atoms with Gasteiger partial charge in [0.1, 0.15) is 0 Å². The fraction of sp³-hybridized carbons (Fsp3) is 0.933. The number of amides is 1. The molecule has 3 N–H and O–H groups in total. The van der Waals surface area contributed by atoms with E-state index in [4.69, 9.17) is 5.73 Å². The van der Waals surface area contributed by atoms with E-state index in [9.17, 15) is 4.79 Å². The van der Waals surface area contributed by atoms with Gasteiger partial charge in [-0.3, -0.25) is 4.79 Å². The molecular formula is C15H31ClN2O. The van der Waals surface area contributed by atoms with Crippen molar-refractivity contribution in [2.24, 2.45) is 17.1 Å². The van der Waals surface area contributed by atoms with Crippen LogP contribution >= 0.6 is 12.4 Å². The number of hydrogen-bond donors (Lipinski definition) is 2. The van der Waals surface area contributed by atoms with Crippen LogP contribution in [0.5, 0.6) is 0 Å². The first-order valence-corrected chi connectivity index (χ1v) is 7.34. The molecule has 0 aromatic rings. The Kier molecular flexibility index (Phi) is 7.99. The zero-order valence-electron chi connectivity index (χ0n) is 12.9. The first-order valence-electron chi connectivity index (χ1n) is 7.34. The van der Waals surface area contributed by atoms with Crippen molar-refractivity contribution in [3.8, 4) is 0 Å². The van der Waals surface area contributed by atoms with Gasteiger partial charge < -0.3 is 11.1 Å². The first-order chi connectivity index (χ1) is 8.28. The highest BCUT2D eigenvalue weighted by Gasteiger charge is 2.26. The minimum Gasteiger partial charge on any atom is -0.353 e. The summed E-state index contributed by atoms with van der Waals surface area (Å²) in [5, 5.41) is 3.15. The molecule has 0 spiro atoms. The molecule has 0 bridgehead atoms. The van der Waals surface area contributed by atoms with Crippen LogP contribution in [0.2, 0.25) is 0 Å². The summed E-state index contributed by atoms with van der Waals surface area (Å²) in [6.07, 6.45) is 6.22. The summed E-state index contributed by atoms with van der Waals surface area (Å²) >= 11 is 0. The van der Waals surface area contributed by atoms with E-state index in [1.807, 2.05) is 0 Å². The third-order valence-corrected chi connectivity index (χ3v) is 3.80. The van der Waals surface area contributed by atoms with Crippen molar-refractivity contribution in [3.05, 3.63) is 0 Å². The molecule has 0 radical (unpaired) electrons. The first kappa shape index (κ1) is 18.7.